The number of ether oxygens (including phenoxy) is 1. The highest BCUT2D eigenvalue weighted by Crippen LogP contribution is 2.27. The van der Waals surface area contributed by atoms with Crippen LogP contribution in [-0.2, 0) is 0 Å². The Morgan fingerprint density at radius 1 is 1.33 bits per heavy atom. The molecule has 1 aliphatic heterocycles. The molecule has 1 aromatic rings. The first kappa shape index (κ1) is 13.2. The van der Waals surface area contributed by atoms with Crippen molar-refractivity contribution in [3.63, 3.8) is 0 Å². The fourth-order valence-corrected chi connectivity index (χ4v) is 2.62. The Morgan fingerprint density at radius 2 is 2.06 bits per heavy atom. The lowest BCUT2D eigenvalue weighted by Crippen LogP contribution is -2.31. The minimum atomic E-state index is 0.345. The third-order valence-corrected chi connectivity index (χ3v) is 3.81. The Kier molecular flexibility index (Phi) is 4.48. The molecule has 1 saturated heterocycles. The summed E-state index contributed by atoms with van der Waals surface area (Å²) in [5, 5.41) is 0. The largest absolute Gasteiger partial charge is 0.494 e. The van der Waals surface area contributed by atoms with Crippen LogP contribution < -0.4 is 15.4 Å². The molecule has 2 unspecified atom stereocenters. The first-order valence-corrected chi connectivity index (χ1v) is 6.98. The molecule has 1 aliphatic rings. The molecule has 3 heteroatoms. The van der Waals surface area contributed by atoms with E-state index in [2.05, 4.69) is 24.0 Å². The lowest BCUT2D eigenvalue weighted by atomic mass is 9.98. The van der Waals surface area contributed by atoms with Crippen LogP contribution in [0.25, 0.3) is 0 Å². The predicted molar refractivity (Wildman–Crippen MR) is 76.2 cm³/mol. The lowest BCUT2D eigenvalue weighted by molar-refractivity contribution is 0.340. The van der Waals surface area contributed by atoms with Crippen LogP contribution in [0, 0.1) is 5.92 Å². The SMILES string of the molecule is CCOc1ccc(N2CCC(C(N)CC)C2)cc1. The number of hydrogen-bond acceptors (Lipinski definition) is 3. The lowest BCUT2D eigenvalue weighted by Gasteiger charge is -2.21. The van der Waals surface area contributed by atoms with Crippen molar-refractivity contribution >= 4 is 5.69 Å². The number of hydrogen-bond donors (Lipinski definition) is 1. The van der Waals surface area contributed by atoms with E-state index in [0.717, 1.165) is 31.9 Å². The average molecular weight is 248 g/mol. The van der Waals surface area contributed by atoms with E-state index in [0.29, 0.717) is 12.0 Å². The number of benzene rings is 1. The van der Waals surface area contributed by atoms with Gasteiger partial charge in [-0.25, -0.2) is 0 Å². The summed E-state index contributed by atoms with van der Waals surface area (Å²) in [6, 6.07) is 8.73. The van der Waals surface area contributed by atoms with Gasteiger partial charge in [0, 0.05) is 24.8 Å². The quantitative estimate of drug-likeness (QED) is 0.870. The molecule has 0 aliphatic carbocycles. The smallest absolute Gasteiger partial charge is 0.119 e. The molecule has 1 fully saturated rings. The van der Waals surface area contributed by atoms with Crippen molar-refractivity contribution in [1.29, 1.82) is 0 Å². The zero-order chi connectivity index (χ0) is 13.0. The summed E-state index contributed by atoms with van der Waals surface area (Å²) in [5.74, 6) is 1.59. The van der Waals surface area contributed by atoms with Crippen molar-refractivity contribution in [3.05, 3.63) is 24.3 Å². The van der Waals surface area contributed by atoms with Gasteiger partial charge in [-0.2, -0.15) is 0 Å². The Bertz CT molecular complexity index is 363. The van der Waals surface area contributed by atoms with Gasteiger partial charge >= 0.3 is 0 Å². The monoisotopic (exact) mass is 248 g/mol. The van der Waals surface area contributed by atoms with Crippen LogP contribution >= 0.6 is 0 Å². The molecule has 0 aromatic heterocycles. The van der Waals surface area contributed by atoms with E-state index in [4.69, 9.17) is 10.5 Å². The molecule has 2 N–H and O–H groups in total. The maximum atomic E-state index is 6.14. The summed E-state index contributed by atoms with van der Waals surface area (Å²) >= 11 is 0. The standard InChI is InChI=1S/C15H24N2O/c1-3-15(16)12-9-10-17(11-12)13-5-7-14(8-6-13)18-4-2/h5-8,12,15H,3-4,9-11,16H2,1-2H3. The van der Waals surface area contributed by atoms with Crippen molar-refractivity contribution in [2.75, 3.05) is 24.6 Å². The first-order valence-electron chi connectivity index (χ1n) is 6.98. The van der Waals surface area contributed by atoms with Crippen LogP contribution in [-0.4, -0.2) is 25.7 Å². The van der Waals surface area contributed by atoms with Gasteiger partial charge in [0.1, 0.15) is 5.75 Å². The molecular weight excluding hydrogens is 224 g/mol. The topological polar surface area (TPSA) is 38.5 Å². The van der Waals surface area contributed by atoms with E-state index in [-0.39, 0.29) is 0 Å². The van der Waals surface area contributed by atoms with Gasteiger partial charge < -0.3 is 15.4 Å². The second-order valence-electron chi connectivity index (χ2n) is 4.99. The molecule has 1 aromatic carbocycles. The fourth-order valence-electron chi connectivity index (χ4n) is 2.62. The molecule has 2 rings (SSSR count). The summed E-state index contributed by atoms with van der Waals surface area (Å²) in [6.45, 7) is 7.10. The number of nitrogens with two attached hydrogens (primary N) is 1. The van der Waals surface area contributed by atoms with Crippen molar-refractivity contribution in [3.8, 4) is 5.75 Å². The van der Waals surface area contributed by atoms with E-state index in [9.17, 15) is 0 Å². The van der Waals surface area contributed by atoms with Gasteiger partial charge in [0.25, 0.3) is 0 Å². The van der Waals surface area contributed by atoms with E-state index in [1.807, 2.05) is 19.1 Å². The Morgan fingerprint density at radius 3 is 2.67 bits per heavy atom. The van der Waals surface area contributed by atoms with Crippen LogP contribution in [0.2, 0.25) is 0 Å². The van der Waals surface area contributed by atoms with E-state index in [1.165, 1.54) is 12.1 Å². The number of rotatable bonds is 5. The predicted octanol–water partition coefficient (Wildman–Crippen LogP) is 2.65. The van der Waals surface area contributed by atoms with Gasteiger partial charge in [-0.05, 0) is 49.9 Å². The van der Waals surface area contributed by atoms with E-state index in [1.54, 1.807) is 0 Å². The minimum Gasteiger partial charge on any atom is -0.494 e. The molecule has 0 radical (unpaired) electrons. The van der Waals surface area contributed by atoms with Gasteiger partial charge in [-0.3, -0.25) is 0 Å². The molecule has 3 nitrogen and oxygen atoms in total. The second kappa shape index (κ2) is 6.10. The molecule has 0 spiro atoms. The second-order valence-corrected chi connectivity index (χ2v) is 4.99. The number of nitrogens with zero attached hydrogens (tertiary/aromatic N) is 1. The minimum absolute atomic E-state index is 0.345. The van der Waals surface area contributed by atoms with Crippen LogP contribution in [0.4, 0.5) is 5.69 Å². The van der Waals surface area contributed by atoms with Crippen LogP contribution in [0.5, 0.6) is 5.75 Å². The van der Waals surface area contributed by atoms with Gasteiger partial charge in [-0.1, -0.05) is 6.92 Å². The first-order chi connectivity index (χ1) is 8.74. The third kappa shape index (κ3) is 2.96. The van der Waals surface area contributed by atoms with Crippen molar-refractivity contribution in [2.24, 2.45) is 11.7 Å². The summed E-state index contributed by atoms with van der Waals surface area (Å²) < 4.78 is 5.46. The molecule has 18 heavy (non-hydrogen) atoms. The van der Waals surface area contributed by atoms with Gasteiger partial charge in [0.2, 0.25) is 0 Å². The van der Waals surface area contributed by atoms with Crippen LogP contribution in [0.15, 0.2) is 24.3 Å². The molecule has 2 atom stereocenters. The van der Waals surface area contributed by atoms with Crippen molar-refractivity contribution < 1.29 is 4.74 Å². The van der Waals surface area contributed by atoms with Gasteiger partial charge in [-0.15, -0.1) is 0 Å². The van der Waals surface area contributed by atoms with Gasteiger partial charge in [0.05, 0.1) is 6.61 Å². The maximum absolute atomic E-state index is 6.14. The average Bonchev–Trinajstić information content (AvgIpc) is 2.89. The van der Waals surface area contributed by atoms with Crippen molar-refractivity contribution in [1.82, 2.24) is 0 Å². The maximum Gasteiger partial charge on any atom is 0.119 e. The fraction of sp³-hybridized carbons (Fsp3) is 0.600. The molecular formula is C15H24N2O. The highest BCUT2D eigenvalue weighted by atomic mass is 16.5. The summed E-state index contributed by atoms with van der Waals surface area (Å²) in [5.41, 5.74) is 7.42. The summed E-state index contributed by atoms with van der Waals surface area (Å²) in [7, 11) is 0. The Balaban J connectivity index is 1.96. The molecule has 0 saturated carbocycles. The molecule has 0 amide bonds. The van der Waals surface area contributed by atoms with Crippen LogP contribution in [0.1, 0.15) is 26.7 Å². The Labute approximate surface area is 110 Å². The van der Waals surface area contributed by atoms with Gasteiger partial charge in [0.15, 0.2) is 0 Å². The molecule has 100 valence electrons. The van der Waals surface area contributed by atoms with Crippen LogP contribution in [0.3, 0.4) is 0 Å². The zero-order valence-corrected chi connectivity index (χ0v) is 11.4. The highest BCUT2D eigenvalue weighted by Gasteiger charge is 2.26. The normalized spacial score (nSPS) is 21.1. The third-order valence-electron chi connectivity index (χ3n) is 3.81. The highest BCUT2D eigenvalue weighted by molar-refractivity contribution is 5.50. The number of anilines is 1. The van der Waals surface area contributed by atoms with E-state index >= 15 is 0 Å². The van der Waals surface area contributed by atoms with Crippen molar-refractivity contribution in [2.45, 2.75) is 32.7 Å². The molecule has 1 heterocycles. The summed E-state index contributed by atoms with van der Waals surface area (Å²) in [4.78, 5) is 2.43. The Hall–Kier alpha value is -1.22. The summed E-state index contributed by atoms with van der Waals surface area (Å²) in [6.07, 6.45) is 2.28. The molecule has 0 bridgehead atoms. The zero-order valence-electron chi connectivity index (χ0n) is 11.4. The van der Waals surface area contributed by atoms with E-state index < -0.39 is 0 Å².